The Morgan fingerprint density at radius 3 is 2.54 bits per heavy atom. The molecule has 2 saturated heterocycles. The molecule has 2 aliphatic heterocycles. The Kier molecular flexibility index (Phi) is 3.52. The first-order chi connectivity index (χ1) is 6.38. The largest absolute Gasteiger partial charge is 0.317 e. The third kappa shape index (κ3) is 2.39. The summed E-state index contributed by atoms with van der Waals surface area (Å²) in [6.07, 6.45) is 4.10. The van der Waals surface area contributed by atoms with Gasteiger partial charge < -0.3 is 5.32 Å². The monoisotopic (exact) mass is 200 g/mol. The van der Waals surface area contributed by atoms with Gasteiger partial charge >= 0.3 is 0 Å². The van der Waals surface area contributed by atoms with Crippen molar-refractivity contribution in [1.29, 1.82) is 0 Å². The minimum absolute atomic E-state index is 0.852. The SMILES string of the molecule is CN(C1CCNCC1)[C@@H]1CCSC1. The first-order valence-electron chi connectivity index (χ1n) is 5.38. The summed E-state index contributed by atoms with van der Waals surface area (Å²) in [5, 5.41) is 3.43. The molecule has 0 aromatic rings. The van der Waals surface area contributed by atoms with Crippen LogP contribution in [-0.2, 0) is 0 Å². The number of hydrogen-bond donors (Lipinski definition) is 1. The smallest absolute Gasteiger partial charge is 0.0194 e. The topological polar surface area (TPSA) is 15.3 Å². The van der Waals surface area contributed by atoms with E-state index in [1.165, 1.54) is 43.9 Å². The van der Waals surface area contributed by atoms with Gasteiger partial charge in [0.25, 0.3) is 0 Å². The summed E-state index contributed by atoms with van der Waals surface area (Å²) in [6.45, 7) is 2.43. The molecule has 13 heavy (non-hydrogen) atoms. The van der Waals surface area contributed by atoms with Crippen LogP contribution in [0.3, 0.4) is 0 Å². The third-order valence-electron chi connectivity index (χ3n) is 3.37. The Hall–Kier alpha value is 0.270. The van der Waals surface area contributed by atoms with Crippen LogP contribution in [0.2, 0.25) is 0 Å². The molecule has 0 spiro atoms. The average Bonchev–Trinajstić information content (AvgIpc) is 2.71. The molecule has 0 unspecified atom stereocenters. The number of hydrogen-bond acceptors (Lipinski definition) is 3. The second-order valence-electron chi connectivity index (χ2n) is 4.16. The van der Waals surface area contributed by atoms with Gasteiger partial charge in [0, 0.05) is 17.8 Å². The molecule has 0 aliphatic carbocycles. The normalized spacial score (nSPS) is 31.4. The highest BCUT2D eigenvalue weighted by atomic mass is 32.2. The summed E-state index contributed by atoms with van der Waals surface area (Å²) >= 11 is 2.12. The lowest BCUT2D eigenvalue weighted by Gasteiger charge is -2.35. The molecule has 0 amide bonds. The lowest BCUT2D eigenvalue weighted by atomic mass is 10.0. The van der Waals surface area contributed by atoms with Crippen LogP contribution in [0.1, 0.15) is 19.3 Å². The fourth-order valence-corrected chi connectivity index (χ4v) is 3.63. The first kappa shape index (κ1) is 9.81. The maximum absolute atomic E-state index is 3.43. The van der Waals surface area contributed by atoms with Crippen molar-refractivity contribution in [2.24, 2.45) is 0 Å². The maximum atomic E-state index is 3.43. The van der Waals surface area contributed by atoms with Gasteiger partial charge in [0.15, 0.2) is 0 Å². The molecule has 1 atom stereocenters. The average molecular weight is 200 g/mol. The lowest BCUT2D eigenvalue weighted by Crippen LogP contribution is -2.45. The number of rotatable bonds is 2. The van der Waals surface area contributed by atoms with Crippen molar-refractivity contribution in [3.05, 3.63) is 0 Å². The molecule has 3 heteroatoms. The molecule has 2 rings (SSSR count). The Balaban J connectivity index is 1.83. The fraction of sp³-hybridized carbons (Fsp3) is 1.00. The van der Waals surface area contributed by atoms with Gasteiger partial charge in [0.1, 0.15) is 0 Å². The van der Waals surface area contributed by atoms with Gasteiger partial charge in [-0.2, -0.15) is 11.8 Å². The van der Waals surface area contributed by atoms with Crippen LogP contribution in [0.4, 0.5) is 0 Å². The minimum atomic E-state index is 0.852. The molecule has 2 heterocycles. The number of nitrogens with one attached hydrogen (secondary N) is 1. The van der Waals surface area contributed by atoms with E-state index in [4.69, 9.17) is 0 Å². The van der Waals surface area contributed by atoms with Crippen LogP contribution in [0, 0.1) is 0 Å². The molecular formula is C10H20N2S. The molecule has 0 aromatic carbocycles. The minimum Gasteiger partial charge on any atom is -0.317 e. The summed E-state index contributed by atoms with van der Waals surface area (Å²) < 4.78 is 0. The van der Waals surface area contributed by atoms with Crippen molar-refractivity contribution in [3.8, 4) is 0 Å². The molecule has 0 bridgehead atoms. The van der Waals surface area contributed by atoms with Crippen LogP contribution < -0.4 is 5.32 Å². The van der Waals surface area contributed by atoms with Crippen LogP contribution in [0.15, 0.2) is 0 Å². The zero-order valence-corrected chi connectivity index (χ0v) is 9.28. The predicted molar refractivity (Wildman–Crippen MR) is 59.4 cm³/mol. The third-order valence-corrected chi connectivity index (χ3v) is 4.51. The Bertz CT molecular complexity index is 151. The van der Waals surface area contributed by atoms with E-state index in [-0.39, 0.29) is 0 Å². The van der Waals surface area contributed by atoms with Crippen molar-refractivity contribution in [1.82, 2.24) is 10.2 Å². The molecule has 2 aliphatic rings. The van der Waals surface area contributed by atoms with E-state index in [2.05, 4.69) is 29.0 Å². The molecule has 2 fully saturated rings. The van der Waals surface area contributed by atoms with Gasteiger partial charge in [-0.3, -0.25) is 4.90 Å². The van der Waals surface area contributed by atoms with E-state index >= 15 is 0 Å². The molecule has 0 aromatic heterocycles. The van der Waals surface area contributed by atoms with Crippen LogP contribution in [0.25, 0.3) is 0 Å². The maximum Gasteiger partial charge on any atom is 0.0194 e. The Morgan fingerprint density at radius 1 is 1.15 bits per heavy atom. The van der Waals surface area contributed by atoms with Gasteiger partial charge in [-0.15, -0.1) is 0 Å². The van der Waals surface area contributed by atoms with Crippen molar-refractivity contribution < 1.29 is 0 Å². The first-order valence-corrected chi connectivity index (χ1v) is 6.54. The van der Waals surface area contributed by atoms with Crippen molar-refractivity contribution in [3.63, 3.8) is 0 Å². The molecule has 0 saturated carbocycles. The van der Waals surface area contributed by atoms with Gasteiger partial charge in [-0.05, 0) is 45.2 Å². The van der Waals surface area contributed by atoms with Crippen molar-refractivity contribution >= 4 is 11.8 Å². The molecule has 2 nitrogen and oxygen atoms in total. The van der Waals surface area contributed by atoms with E-state index < -0.39 is 0 Å². The summed E-state index contributed by atoms with van der Waals surface area (Å²) in [5.41, 5.74) is 0. The second kappa shape index (κ2) is 4.67. The highest BCUT2D eigenvalue weighted by molar-refractivity contribution is 7.99. The zero-order chi connectivity index (χ0) is 9.10. The lowest BCUT2D eigenvalue weighted by molar-refractivity contribution is 0.155. The highest BCUT2D eigenvalue weighted by Gasteiger charge is 2.26. The van der Waals surface area contributed by atoms with Gasteiger partial charge in [-0.25, -0.2) is 0 Å². The molecular weight excluding hydrogens is 180 g/mol. The molecule has 1 N–H and O–H groups in total. The summed E-state index contributed by atoms with van der Waals surface area (Å²) in [4.78, 5) is 2.64. The summed E-state index contributed by atoms with van der Waals surface area (Å²) in [7, 11) is 2.33. The highest BCUT2D eigenvalue weighted by Crippen LogP contribution is 2.24. The van der Waals surface area contributed by atoms with Crippen LogP contribution in [0.5, 0.6) is 0 Å². The zero-order valence-electron chi connectivity index (χ0n) is 8.46. The van der Waals surface area contributed by atoms with Crippen molar-refractivity contribution in [2.45, 2.75) is 31.3 Å². The van der Waals surface area contributed by atoms with Crippen molar-refractivity contribution in [2.75, 3.05) is 31.6 Å². The van der Waals surface area contributed by atoms with Gasteiger partial charge in [-0.1, -0.05) is 0 Å². The molecule has 76 valence electrons. The standard InChI is InChI=1S/C10H20N2S/c1-12(10-4-7-13-8-10)9-2-5-11-6-3-9/h9-11H,2-8H2,1H3/t10-/m1/s1. The summed E-state index contributed by atoms with van der Waals surface area (Å²) in [6, 6.07) is 1.72. The van der Waals surface area contributed by atoms with E-state index in [0.29, 0.717) is 0 Å². The Morgan fingerprint density at radius 2 is 1.92 bits per heavy atom. The second-order valence-corrected chi connectivity index (χ2v) is 5.31. The quantitative estimate of drug-likeness (QED) is 0.720. The van der Waals surface area contributed by atoms with E-state index in [9.17, 15) is 0 Å². The summed E-state index contributed by atoms with van der Waals surface area (Å²) in [5.74, 6) is 2.74. The Labute approximate surface area is 85.4 Å². The number of piperidine rings is 1. The fourth-order valence-electron chi connectivity index (χ4n) is 2.36. The van der Waals surface area contributed by atoms with Crippen LogP contribution >= 0.6 is 11.8 Å². The van der Waals surface area contributed by atoms with E-state index in [1.54, 1.807) is 0 Å². The number of thioether (sulfide) groups is 1. The molecule has 0 radical (unpaired) electrons. The van der Waals surface area contributed by atoms with Crippen LogP contribution in [-0.4, -0.2) is 48.6 Å². The van der Waals surface area contributed by atoms with Gasteiger partial charge in [0.05, 0.1) is 0 Å². The number of nitrogens with zero attached hydrogens (tertiary/aromatic N) is 1. The van der Waals surface area contributed by atoms with E-state index in [1.807, 2.05) is 0 Å². The van der Waals surface area contributed by atoms with Gasteiger partial charge in [0.2, 0.25) is 0 Å². The van der Waals surface area contributed by atoms with E-state index in [0.717, 1.165) is 12.1 Å². The predicted octanol–water partition coefficient (Wildman–Crippen LogP) is 1.18.